The van der Waals surface area contributed by atoms with Crippen LogP contribution in [0.3, 0.4) is 0 Å². The fourth-order valence-corrected chi connectivity index (χ4v) is 3.97. The molecule has 0 radical (unpaired) electrons. The maximum Gasteiger partial charge on any atom is 0.242 e. The predicted octanol–water partition coefficient (Wildman–Crippen LogP) is 1.25. The van der Waals surface area contributed by atoms with Gasteiger partial charge in [-0.15, -0.1) is 0 Å². The summed E-state index contributed by atoms with van der Waals surface area (Å²) in [5.74, 6) is 0. The van der Waals surface area contributed by atoms with Gasteiger partial charge in [0.05, 0.1) is 34.5 Å². The van der Waals surface area contributed by atoms with Crippen LogP contribution in [0.15, 0.2) is 23.1 Å². The molecule has 1 aromatic rings. The summed E-state index contributed by atoms with van der Waals surface area (Å²) < 4.78 is 31.1. The Morgan fingerprint density at radius 3 is 2.62 bits per heavy atom. The van der Waals surface area contributed by atoms with Crippen LogP contribution in [-0.2, 0) is 14.8 Å². The van der Waals surface area contributed by atoms with Gasteiger partial charge in [-0.3, -0.25) is 0 Å². The van der Waals surface area contributed by atoms with Gasteiger partial charge in [-0.25, -0.2) is 12.7 Å². The molecule has 7 heteroatoms. The van der Waals surface area contributed by atoms with Crippen molar-refractivity contribution in [2.75, 3.05) is 25.1 Å². The number of ether oxygens (including phenoxy) is 1. The van der Waals surface area contributed by atoms with Gasteiger partial charge >= 0.3 is 0 Å². The molecular formula is C14H21N3O3S. The first kappa shape index (κ1) is 14.6. The second kappa shape index (κ2) is 5.15. The van der Waals surface area contributed by atoms with Crippen molar-refractivity contribution in [1.82, 2.24) is 4.31 Å². The van der Waals surface area contributed by atoms with Crippen molar-refractivity contribution < 1.29 is 13.2 Å². The quantitative estimate of drug-likeness (QED) is 0.818. The number of nitrogens with two attached hydrogens (primary N) is 1. The summed E-state index contributed by atoms with van der Waals surface area (Å²) in [6.45, 7) is 0. The van der Waals surface area contributed by atoms with Crippen molar-refractivity contribution in [3.8, 4) is 0 Å². The van der Waals surface area contributed by atoms with Crippen LogP contribution >= 0.6 is 0 Å². The first-order valence-corrected chi connectivity index (χ1v) is 8.56. The summed E-state index contributed by atoms with van der Waals surface area (Å²) in [5, 5.41) is 3.39. The normalized spacial score (nSPS) is 28.2. The van der Waals surface area contributed by atoms with Gasteiger partial charge in [-0.2, -0.15) is 0 Å². The predicted molar refractivity (Wildman–Crippen MR) is 81.6 cm³/mol. The van der Waals surface area contributed by atoms with Crippen molar-refractivity contribution in [2.45, 2.75) is 42.4 Å². The molecule has 3 unspecified atom stereocenters. The molecule has 6 nitrogen and oxygen atoms in total. The number of nitrogens with zero attached hydrogens (tertiary/aromatic N) is 1. The third kappa shape index (κ3) is 2.61. The lowest BCUT2D eigenvalue weighted by Crippen LogP contribution is -2.30. The zero-order chi connectivity index (χ0) is 15.2. The van der Waals surface area contributed by atoms with Crippen molar-refractivity contribution in [1.29, 1.82) is 0 Å². The fraction of sp³-hybridized carbons (Fsp3) is 0.571. The fourth-order valence-electron chi connectivity index (χ4n) is 3.03. The first-order chi connectivity index (χ1) is 9.88. The average molecular weight is 311 g/mol. The van der Waals surface area contributed by atoms with E-state index >= 15 is 0 Å². The number of hydrogen-bond acceptors (Lipinski definition) is 5. The molecule has 0 saturated carbocycles. The van der Waals surface area contributed by atoms with Crippen LogP contribution in [0.2, 0.25) is 0 Å². The summed E-state index contributed by atoms with van der Waals surface area (Å²) in [4.78, 5) is 0.208. The Morgan fingerprint density at radius 2 is 2.10 bits per heavy atom. The average Bonchev–Trinajstić information content (AvgIpc) is 3.03. The summed E-state index contributed by atoms with van der Waals surface area (Å²) >= 11 is 0. The molecule has 0 aromatic heterocycles. The number of fused-ring (bicyclic) bond motifs is 2. The molecule has 1 aromatic carbocycles. The molecule has 3 rings (SSSR count). The van der Waals surface area contributed by atoms with Crippen LogP contribution in [0, 0.1) is 0 Å². The molecule has 0 amide bonds. The number of anilines is 2. The molecule has 2 aliphatic rings. The smallest absolute Gasteiger partial charge is 0.242 e. The molecule has 0 spiro atoms. The van der Waals surface area contributed by atoms with E-state index in [1.807, 2.05) is 0 Å². The van der Waals surface area contributed by atoms with Gasteiger partial charge in [-0.1, -0.05) is 0 Å². The summed E-state index contributed by atoms with van der Waals surface area (Å²) in [6.07, 6.45) is 3.82. The third-order valence-electron chi connectivity index (χ3n) is 4.25. The highest BCUT2D eigenvalue weighted by Crippen LogP contribution is 2.37. The molecular weight excluding hydrogens is 290 g/mol. The minimum Gasteiger partial charge on any atom is -0.397 e. The van der Waals surface area contributed by atoms with Crippen LogP contribution in [0.25, 0.3) is 0 Å². The molecule has 2 heterocycles. The molecule has 116 valence electrons. The van der Waals surface area contributed by atoms with E-state index in [4.69, 9.17) is 10.5 Å². The van der Waals surface area contributed by atoms with Gasteiger partial charge < -0.3 is 15.8 Å². The SMILES string of the molecule is CN(C)S(=O)(=O)c1ccc(NC2CC3CCC2O3)c(N)c1. The van der Waals surface area contributed by atoms with Gasteiger partial charge in [-0.05, 0) is 37.5 Å². The van der Waals surface area contributed by atoms with Crippen molar-refractivity contribution >= 4 is 21.4 Å². The van der Waals surface area contributed by atoms with E-state index in [0.717, 1.165) is 24.9 Å². The Labute approximate surface area is 125 Å². The number of benzene rings is 1. The molecule has 3 N–H and O–H groups in total. The molecule has 2 bridgehead atoms. The number of rotatable bonds is 4. The van der Waals surface area contributed by atoms with Crippen molar-refractivity contribution in [2.24, 2.45) is 0 Å². The summed E-state index contributed by atoms with van der Waals surface area (Å²) in [5.41, 5.74) is 7.23. The van der Waals surface area contributed by atoms with Gasteiger partial charge in [0.1, 0.15) is 0 Å². The first-order valence-electron chi connectivity index (χ1n) is 7.12. The van der Waals surface area contributed by atoms with Gasteiger partial charge in [0, 0.05) is 14.1 Å². The van der Waals surface area contributed by atoms with E-state index in [-0.39, 0.29) is 17.0 Å². The highest BCUT2D eigenvalue weighted by molar-refractivity contribution is 7.89. The molecule has 3 atom stereocenters. The monoisotopic (exact) mass is 311 g/mol. The third-order valence-corrected chi connectivity index (χ3v) is 6.06. The molecule has 2 saturated heterocycles. The van der Waals surface area contributed by atoms with E-state index in [0.29, 0.717) is 11.8 Å². The Hall–Kier alpha value is -1.31. The van der Waals surface area contributed by atoms with E-state index in [1.54, 1.807) is 12.1 Å². The highest BCUT2D eigenvalue weighted by atomic mass is 32.2. The second-order valence-electron chi connectivity index (χ2n) is 5.90. The lowest BCUT2D eigenvalue weighted by atomic mass is 9.95. The minimum atomic E-state index is -3.45. The number of nitrogens with one attached hydrogen (secondary N) is 1. The van der Waals surface area contributed by atoms with Gasteiger partial charge in [0.2, 0.25) is 10.0 Å². The molecule has 2 fully saturated rings. The number of sulfonamides is 1. The maximum atomic E-state index is 12.1. The van der Waals surface area contributed by atoms with Crippen molar-refractivity contribution in [3.63, 3.8) is 0 Å². The lowest BCUT2D eigenvalue weighted by Gasteiger charge is -2.22. The van der Waals surface area contributed by atoms with E-state index in [9.17, 15) is 8.42 Å². The number of hydrogen-bond donors (Lipinski definition) is 2. The summed E-state index contributed by atoms with van der Waals surface area (Å²) in [6, 6.07) is 5.09. The van der Waals surface area contributed by atoms with Crippen LogP contribution in [0.1, 0.15) is 19.3 Å². The number of nitrogen functional groups attached to an aromatic ring is 1. The zero-order valence-electron chi connectivity index (χ0n) is 12.2. The van der Waals surface area contributed by atoms with Gasteiger partial charge in [0.15, 0.2) is 0 Å². The Bertz CT molecular complexity index is 645. The molecule has 21 heavy (non-hydrogen) atoms. The van der Waals surface area contributed by atoms with Crippen LogP contribution in [-0.4, -0.2) is 45.1 Å². The van der Waals surface area contributed by atoms with E-state index in [2.05, 4.69) is 5.32 Å². The Morgan fingerprint density at radius 1 is 1.33 bits per heavy atom. The Kier molecular flexibility index (Phi) is 3.59. The van der Waals surface area contributed by atoms with Crippen molar-refractivity contribution in [3.05, 3.63) is 18.2 Å². The summed E-state index contributed by atoms with van der Waals surface area (Å²) in [7, 11) is -0.442. The zero-order valence-corrected chi connectivity index (χ0v) is 13.1. The standard InChI is InChI=1S/C14H21N3O3S/c1-17(2)21(18,19)10-4-5-12(11(15)8-10)16-13-7-9-3-6-14(13)20-9/h4-5,8-9,13-14,16H,3,6-7,15H2,1-2H3. The van der Waals surface area contributed by atoms with E-state index < -0.39 is 10.0 Å². The maximum absolute atomic E-state index is 12.1. The molecule has 2 aliphatic heterocycles. The lowest BCUT2D eigenvalue weighted by molar-refractivity contribution is 0.102. The van der Waals surface area contributed by atoms with Crippen LogP contribution in [0.5, 0.6) is 0 Å². The molecule has 0 aliphatic carbocycles. The van der Waals surface area contributed by atoms with Crippen LogP contribution in [0.4, 0.5) is 11.4 Å². The van der Waals surface area contributed by atoms with Crippen LogP contribution < -0.4 is 11.1 Å². The highest BCUT2D eigenvalue weighted by Gasteiger charge is 2.40. The Balaban J connectivity index is 1.79. The topological polar surface area (TPSA) is 84.7 Å². The van der Waals surface area contributed by atoms with Gasteiger partial charge in [0.25, 0.3) is 0 Å². The second-order valence-corrected chi connectivity index (χ2v) is 8.05. The minimum absolute atomic E-state index is 0.208. The van der Waals surface area contributed by atoms with E-state index in [1.165, 1.54) is 24.5 Å². The largest absolute Gasteiger partial charge is 0.397 e.